The van der Waals surface area contributed by atoms with Crippen molar-refractivity contribution in [2.75, 3.05) is 44.6 Å². The van der Waals surface area contributed by atoms with Gasteiger partial charge < -0.3 is 5.32 Å². The molecule has 3 aliphatic rings. The molecule has 8 heteroatoms. The van der Waals surface area contributed by atoms with E-state index in [0.717, 1.165) is 32.7 Å². The molecule has 7 nitrogen and oxygen atoms in total. The van der Waals surface area contributed by atoms with E-state index in [2.05, 4.69) is 36.0 Å². The third-order valence-electron chi connectivity index (χ3n) is 3.93. The van der Waals surface area contributed by atoms with Crippen molar-refractivity contribution in [1.82, 2.24) is 14.8 Å². The lowest BCUT2D eigenvalue weighted by molar-refractivity contribution is -0.384. The fraction of sp³-hybridized carbons (Fsp3) is 0.583. The van der Waals surface area contributed by atoms with E-state index in [-0.39, 0.29) is 5.69 Å². The number of hydrogen-bond donors (Lipinski definition) is 1. The van der Waals surface area contributed by atoms with Crippen LogP contribution < -0.4 is 5.32 Å². The number of pyridine rings is 1. The Morgan fingerprint density at radius 2 is 2.20 bits per heavy atom. The molecule has 1 N–H and O–H groups in total. The standard InChI is InChI=1S/C12H16BrN5O2/c13-9-5-11(18(19)20)12(14-6-9)15-7-10-8-16-1-3-17(10)4-2-16/h5-6,10H,1-4,7-8H2,(H,14,15). The SMILES string of the molecule is O=[N+]([O-])c1cc(Br)cnc1NCC1CN2CCN1CC2. The number of rotatable bonds is 4. The number of halogens is 1. The van der Waals surface area contributed by atoms with Crippen molar-refractivity contribution < 1.29 is 4.92 Å². The van der Waals surface area contributed by atoms with Crippen molar-refractivity contribution in [1.29, 1.82) is 0 Å². The molecule has 0 aliphatic carbocycles. The molecule has 108 valence electrons. The molecule has 0 radical (unpaired) electrons. The Morgan fingerprint density at radius 3 is 2.80 bits per heavy atom. The summed E-state index contributed by atoms with van der Waals surface area (Å²) in [4.78, 5) is 19.6. The smallest absolute Gasteiger partial charge is 0.312 e. The molecule has 1 aromatic heterocycles. The van der Waals surface area contributed by atoms with E-state index in [9.17, 15) is 10.1 Å². The Bertz CT molecular complexity index is 519. The second-order valence-corrected chi connectivity index (χ2v) is 6.07. The number of piperazine rings is 3. The second-order valence-electron chi connectivity index (χ2n) is 5.15. The van der Waals surface area contributed by atoms with Gasteiger partial charge in [-0.2, -0.15) is 0 Å². The molecule has 3 aliphatic heterocycles. The molecule has 1 atom stereocenters. The minimum absolute atomic E-state index is 0.00986. The van der Waals surface area contributed by atoms with Gasteiger partial charge in [-0.3, -0.25) is 19.9 Å². The lowest BCUT2D eigenvalue weighted by atomic mass is 10.1. The number of nitrogens with one attached hydrogen (secondary N) is 1. The molecule has 0 aromatic carbocycles. The summed E-state index contributed by atoms with van der Waals surface area (Å²) in [6.07, 6.45) is 1.58. The van der Waals surface area contributed by atoms with Gasteiger partial charge in [-0.05, 0) is 15.9 Å². The van der Waals surface area contributed by atoms with Crippen LogP contribution in [-0.4, -0.2) is 65.0 Å². The summed E-state index contributed by atoms with van der Waals surface area (Å²) in [6, 6.07) is 1.88. The van der Waals surface area contributed by atoms with Crippen LogP contribution in [0.5, 0.6) is 0 Å². The molecule has 1 aromatic rings. The van der Waals surface area contributed by atoms with Crippen LogP contribution in [0.4, 0.5) is 11.5 Å². The van der Waals surface area contributed by atoms with Gasteiger partial charge in [0.15, 0.2) is 0 Å². The van der Waals surface area contributed by atoms with Crippen LogP contribution in [0.1, 0.15) is 0 Å². The predicted molar refractivity (Wildman–Crippen MR) is 78.9 cm³/mol. The summed E-state index contributed by atoms with van der Waals surface area (Å²) in [6.45, 7) is 6.15. The van der Waals surface area contributed by atoms with Gasteiger partial charge in [0.25, 0.3) is 0 Å². The molecule has 2 bridgehead atoms. The van der Waals surface area contributed by atoms with Crippen LogP contribution >= 0.6 is 15.9 Å². The monoisotopic (exact) mass is 341 g/mol. The topological polar surface area (TPSA) is 74.5 Å². The van der Waals surface area contributed by atoms with Crippen molar-refractivity contribution in [3.05, 3.63) is 26.9 Å². The highest BCUT2D eigenvalue weighted by atomic mass is 79.9. The van der Waals surface area contributed by atoms with Gasteiger partial charge in [-0.15, -0.1) is 0 Å². The van der Waals surface area contributed by atoms with Crippen LogP contribution in [0.2, 0.25) is 0 Å². The average Bonchev–Trinajstić information content (AvgIpc) is 2.47. The number of anilines is 1. The molecular weight excluding hydrogens is 326 g/mol. The van der Waals surface area contributed by atoms with Gasteiger partial charge >= 0.3 is 5.69 Å². The van der Waals surface area contributed by atoms with E-state index in [1.54, 1.807) is 6.20 Å². The number of hydrogen-bond acceptors (Lipinski definition) is 6. The van der Waals surface area contributed by atoms with Crippen molar-refractivity contribution in [3.8, 4) is 0 Å². The van der Waals surface area contributed by atoms with Gasteiger partial charge in [0.05, 0.1) is 4.92 Å². The zero-order chi connectivity index (χ0) is 14.1. The summed E-state index contributed by atoms with van der Waals surface area (Å²) in [5.41, 5.74) is 0.00986. The quantitative estimate of drug-likeness (QED) is 0.654. The third-order valence-corrected chi connectivity index (χ3v) is 4.36. The first-order valence-electron chi connectivity index (χ1n) is 6.63. The van der Waals surface area contributed by atoms with E-state index in [0.29, 0.717) is 22.9 Å². The van der Waals surface area contributed by atoms with E-state index in [4.69, 9.17) is 0 Å². The number of fused-ring (bicyclic) bond motifs is 3. The van der Waals surface area contributed by atoms with E-state index >= 15 is 0 Å². The Kier molecular flexibility index (Phi) is 3.86. The van der Waals surface area contributed by atoms with E-state index < -0.39 is 4.92 Å². The molecule has 20 heavy (non-hydrogen) atoms. The second kappa shape index (κ2) is 5.63. The third kappa shape index (κ3) is 2.77. The lowest BCUT2D eigenvalue weighted by Gasteiger charge is -2.47. The number of aromatic nitrogens is 1. The molecule has 0 spiro atoms. The maximum Gasteiger partial charge on any atom is 0.312 e. The highest BCUT2D eigenvalue weighted by molar-refractivity contribution is 9.10. The predicted octanol–water partition coefficient (Wildman–Crippen LogP) is 1.16. The molecule has 0 saturated carbocycles. The highest BCUT2D eigenvalue weighted by Crippen LogP contribution is 2.25. The molecule has 1 unspecified atom stereocenters. The highest BCUT2D eigenvalue weighted by Gasteiger charge is 2.31. The van der Waals surface area contributed by atoms with Gasteiger partial charge in [0.1, 0.15) is 0 Å². The van der Waals surface area contributed by atoms with Crippen molar-refractivity contribution >= 4 is 27.4 Å². The lowest BCUT2D eigenvalue weighted by Crippen LogP contribution is -2.62. The molecule has 0 amide bonds. The largest absolute Gasteiger partial charge is 0.363 e. The maximum absolute atomic E-state index is 11.0. The van der Waals surface area contributed by atoms with Crippen molar-refractivity contribution in [3.63, 3.8) is 0 Å². The Balaban J connectivity index is 1.68. The van der Waals surface area contributed by atoms with Crippen LogP contribution in [0.3, 0.4) is 0 Å². The minimum Gasteiger partial charge on any atom is -0.363 e. The fourth-order valence-electron chi connectivity index (χ4n) is 2.84. The van der Waals surface area contributed by atoms with Gasteiger partial charge in [0, 0.05) is 62.0 Å². The van der Waals surface area contributed by atoms with Crippen LogP contribution in [0.25, 0.3) is 0 Å². The van der Waals surface area contributed by atoms with E-state index in [1.165, 1.54) is 6.07 Å². The van der Waals surface area contributed by atoms with Gasteiger partial charge in [0.2, 0.25) is 5.82 Å². The maximum atomic E-state index is 11.0. The van der Waals surface area contributed by atoms with Gasteiger partial charge in [-0.25, -0.2) is 4.98 Å². The minimum atomic E-state index is -0.406. The van der Waals surface area contributed by atoms with Crippen molar-refractivity contribution in [2.24, 2.45) is 0 Å². The van der Waals surface area contributed by atoms with Gasteiger partial charge in [-0.1, -0.05) is 0 Å². The van der Waals surface area contributed by atoms with Crippen LogP contribution in [0, 0.1) is 10.1 Å². The summed E-state index contributed by atoms with van der Waals surface area (Å²) in [7, 11) is 0. The fourth-order valence-corrected chi connectivity index (χ4v) is 3.16. The summed E-state index contributed by atoms with van der Waals surface area (Å²) in [5, 5.41) is 14.2. The Hall–Kier alpha value is -1.25. The number of nitrogens with zero attached hydrogens (tertiary/aromatic N) is 4. The molecule has 4 rings (SSSR count). The summed E-state index contributed by atoms with van der Waals surface area (Å²) >= 11 is 3.21. The summed E-state index contributed by atoms with van der Waals surface area (Å²) in [5.74, 6) is 0.343. The molecule has 3 fully saturated rings. The molecular formula is C12H16BrN5O2. The van der Waals surface area contributed by atoms with E-state index in [1.807, 2.05) is 0 Å². The molecule has 4 heterocycles. The normalized spacial score (nSPS) is 28.4. The summed E-state index contributed by atoms with van der Waals surface area (Å²) < 4.78 is 0.612. The first kappa shape index (κ1) is 13.7. The van der Waals surface area contributed by atoms with Crippen LogP contribution in [-0.2, 0) is 0 Å². The first-order valence-corrected chi connectivity index (χ1v) is 7.43. The number of nitro groups is 1. The Labute approximate surface area is 125 Å². The zero-order valence-corrected chi connectivity index (χ0v) is 12.5. The van der Waals surface area contributed by atoms with Crippen molar-refractivity contribution in [2.45, 2.75) is 6.04 Å². The Morgan fingerprint density at radius 1 is 1.45 bits per heavy atom. The zero-order valence-electron chi connectivity index (χ0n) is 11.0. The first-order chi connectivity index (χ1) is 9.63. The molecule has 3 saturated heterocycles. The average molecular weight is 342 g/mol. The van der Waals surface area contributed by atoms with Crippen LogP contribution in [0.15, 0.2) is 16.7 Å².